The lowest BCUT2D eigenvalue weighted by atomic mass is 10.1. The molecular weight excluding hydrogens is 582 g/mol. The molecule has 3 amide bonds. The van der Waals surface area contributed by atoms with Crippen LogP contribution in [0.25, 0.3) is 0 Å². The highest BCUT2D eigenvalue weighted by atomic mass is 19.1. The van der Waals surface area contributed by atoms with Gasteiger partial charge in [-0.2, -0.15) is 0 Å². The zero-order chi connectivity index (χ0) is 31.4. The van der Waals surface area contributed by atoms with Crippen LogP contribution in [0.15, 0.2) is 30.0 Å². The molecule has 4 heterocycles. The van der Waals surface area contributed by atoms with Crippen LogP contribution >= 0.6 is 0 Å². The first kappa shape index (κ1) is 30.8. The van der Waals surface area contributed by atoms with Crippen LogP contribution in [0.1, 0.15) is 30.8 Å². The van der Waals surface area contributed by atoms with Crippen molar-refractivity contribution in [2.75, 3.05) is 62.2 Å². The summed E-state index contributed by atoms with van der Waals surface area (Å²) in [6.07, 6.45) is 2.47. The number of ether oxygens (including phenoxy) is 2. The van der Waals surface area contributed by atoms with Crippen LogP contribution in [-0.4, -0.2) is 108 Å². The van der Waals surface area contributed by atoms with Crippen LogP contribution in [0.3, 0.4) is 0 Å². The molecular formula is C28H34F2N8O6. The number of nitrogens with one attached hydrogen (secondary N) is 2. The minimum absolute atomic E-state index is 0.00421. The molecule has 16 heteroatoms. The summed E-state index contributed by atoms with van der Waals surface area (Å²) < 4.78 is 42.1. The normalized spacial score (nSPS) is 19.4. The number of halogens is 2. The van der Waals surface area contributed by atoms with Gasteiger partial charge in [0, 0.05) is 50.4 Å². The van der Waals surface area contributed by atoms with Crippen molar-refractivity contribution in [3.8, 4) is 0 Å². The number of benzene rings is 1. The monoisotopic (exact) mass is 616 g/mol. The van der Waals surface area contributed by atoms with Gasteiger partial charge in [-0.25, -0.2) is 23.1 Å². The Morgan fingerprint density at radius 1 is 1.18 bits per heavy atom. The smallest absolute Gasteiger partial charge is 0.414 e. The van der Waals surface area contributed by atoms with E-state index in [2.05, 4.69) is 20.9 Å². The number of cyclic esters (lactones) is 1. The molecule has 2 saturated heterocycles. The predicted octanol–water partition coefficient (Wildman–Crippen LogP) is 0.831. The van der Waals surface area contributed by atoms with Crippen molar-refractivity contribution >= 4 is 35.3 Å². The van der Waals surface area contributed by atoms with Crippen LogP contribution in [0.5, 0.6) is 0 Å². The molecule has 2 N–H and O–H groups in total. The maximum absolute atomic E-state index is 15.3. The summed E-state index contributed by atoms with van der Waals surface area (Å²) in [6, 6.07) is 1.39. The van der Waals surface area contributed by atoms with E-state index in [4.69, 9.17) is 9.47 Å². The fourth-order valence-electron chi connectivity index (χ4n) is 5.32. The number of esters is 1. The lowest BCUT2D eigenvalue weighted by Crippen LogP contribution is -2.54. The SMILES string of the molecule is CCOC(=O)c1cn(CC2CN(c3cc(F)c(N4CCN(C(=O)C(C)NC(=O)C5=CCCNC5)CC4)c(F)c3)C(=O)O2)nn1. The van der Waals surface area contributed by atoms with Crippen molar-refractivity contribution in [1.29, 1.82) is 0 Å². The Morgan fingerprint density at radius 3 is 2.57 bits per heavy atom. The standard InChI is InChI=1S/C28H34F2N8O6/c1-3-43-27(41)23-16-37(34-33-23)14-20-15-38(28(42)44-20)19-11-21(29)24(22(30)12-19)35-7-9-36(10-8-35)26(40)17(2)32-25(39)18-5-4-6-31-13-18/h5,11-12,16-17,20,31H,3-4,6-10,13-15H2,1-2H3,(H,32,39). The molecule has 0 aliphatic carbocycles. The number of hydrogen-bond donors (Lipinski definition) is 2. The second-order valence-electron chi connectivity index (χ2n) is 10.6. The van der Waals surface area contributed by atoms with Crippen molar-refractivity contribution in [3.05, 3.63) is 47.3 Å². The Hall–Kier alpha value is -4.60. The lowest BCUT2D eigenvalue weighted by Gasteiger charge is -2.37. The first-order chi connectivity index (χ1) is 21.1. The van der Waals surface area contributed by atoms with E-state index in [9.17, 15) is 19.2 Å². The van der Waals surface area contributed by atoms with Crippen LogP contribution in [-0.2, 0) is 25.6 Å². The minimum Gasteiger partial charge on any atom is -0.461 e. The molecule has 1 aromatic heterocycles. The summed E-state index contributed by atoms with van der Waals surface area (Å²) in [5.74, 6) is -2.92. The highest BCUT2D eigenvalue weighted by molar-refractivity contribution is 5.97. The first-order valence-electron chi connectivity index (χ1n) is 14.4. The average Bonchev–Trinajstić information content (AvgIpc) is 3.63. The van der Waals surface area contributed by atoms with Crippen LogP contribution in [0, 0.1) is 11.6 Å². The quantitative estimate of drug-likeness (QED) is 0.388. The Labute approximate surface area is 251 Å². The molecule has 2 fully saturated rings. The number of aromatic nitrogens is 3. The molecule has 2 aromatic rings. The minimum atomic E-state index is -0.860. The third kappa shape index (κ3) is 6.79. The Balaban J connectivity index is 1.16. The zero-order valence-corrected chi connectivity index (χ0v) is 24.4. The number of rotatable bonds is 9. The summed E-state index contributed by atoms with van der Waals surface area (Å²) in [5.41, 5.74) is 0.332. The number of piperazine rings is 1. The maximum atomic E-state index is 15.3. The van der Waals surface area contributed by atoms with Gasteiger partial charge in [-0.3, -0.25) is 14.5 Å². The van der Waals surface area contributed by atoms with E-state index in [0.29, 0.717) is 12.1 Å². The van der Waals surface area contributed by atoms with E-state index >= 15 is 8.78 Å². The van der Waals surface area contributed by atoms with Gasteiger partial charge in [0.2, 0.25) is 11.8 Å². The van der Waals surface area contributed by atoms with Crippen molar-refractivity contribution in [2.45, 2.75) is 39.0 Å². The summed E-state index contributed by atoms with van der Waals surface area (Å²) in [7, 11) is 0. The van der Waals surface area contributed by atoms with Crippen molar-refractivity contribution < 1.29 is 37.4 Å². The molecule has 14 nitrogen and oxygen atoms in total. The van der Waals surface area contributed by atoms with Crippen LogP contribution in [0.2, 0.25) is 0 Å². The number of carbonyl (C=O) groups excluding carboxylic acids is 4. The third-order valence-electron chi connectivity index (χ3n) is 7.55. The van der Waals surface area contributed by atoms with Gasteiger partial charge in [0.15, 0.2) is 17.3 Å². The van der Waals surface area contributed by atoms with Gasteiger partial charge in [-0.15, -0.1) is 5.10 Å². The molecule has 236 valence electrons. The van der Waals surface area contributed by atoms with E-state index in [0.717, 1.165) is 30.0 Å². The topological polar surface area (TPSA) is 151 Å². The molecule has 5 rings (SSSR count). The number of hydrogen-bond acceptors (Lipinski definition) is 10. The second kappa shape index (κ2) is 13.4. The summed E-state index contributed by atoms with van der Waals surface area (Å²) >= 11 is 0. The fraction of sp³-hybridized carbons (Fsp3) is 0.500. The predicted molar refractivity (Wildman–Crippen MR) is 152 cm³/mol. The summed E-state index contributed by atoms with van der Waals surface area (Å²) in [6.45, 7) is 5.54. The van der Waals surface area contributed by atoms with Crippen LogP contribution < -0.4 is 20.4 Å². The van der Waals surface area contributed by atoms with Gasteiger partial charge in [0.05, 0.1) is 31.6 Å². The lowest BCUT2D eigenvalue weighted by molar-refractivity contribution is -0.135. The molecule has 0 spiro atoms. The van der Waals surface area contributed by atoms with Gasteiger partial charge in [-0.05, 0) is 26.8 Å². The van der Waals surface area contributed by atoms with Gasteiger partial charge >= 0.3 is 12.1 Å². The second-order valence-corrected chi connectivity index (χ2v) is 10.6. The molecule has 0 saturated carbocycles. The number of anilines is 2. The maximum Gasteiger partial charge on any atom is 0.414 e. The van der Waals surface area contributed by atoms with Gasteiger partial charge < -0.3 is 29.9 Å². The van der Waals surface area contributed by atoms with E-state index in [-0.39, 0.29) is 74.8 Å². The highest BCUT2D eigenvalue weighted by Crippen LogP contribution is 2.32. The molecule has 1 aromatic carbocycles. The summed E-state index contributed by atoms with van der Waals surface area (Å²) in [4.78, 5) is 54.0. The van der Waals surface area contributed by atoms with Crippen molar-refractivity contribution in [1.82, 2.24) is 30.5 Å². The van der Waals surface area contributed by atoms with Crippen molar-refractivity contribution in [3.63, 3.8) is 0 Å². The number of carbonyl (C=O) groups is 4. The Bertz CT molecular complexity index is 1430. The molecule has 3 aliphatic rings. The van der Waals surface area contributed by atoms with E-state index in [1.165, 1.54) is 15.8 Å². The Kier molecular flexibility index (Phi) is 9.37. The molecule has 2 unspecified atom stereocenters. The molecule has 0 bridgehead atoms. The molecule has 0 radical (unpaired) electrons. The summed E-state index contributed by atoms with van der Waals surface area (Å²) in [5, 5.41) is 13.4. The number of nitrogens with zero attached hydrogens (tertiary/aromatic N) is 6. The molecule has 3 aliphatic heterocycles. The van der Waals surface area contributed by atoms with Crippen molar-refractivity contribution in [2.24, 2.45) is 0 Å². The van der Waals surface area contributed by atoms with E-state index in [1.807, 2.05) is 6.08 Å². The highest BCUT2D eigenvalue weighted by Gasteiger charge is 2.35. The Morgan fingerprint density at radius 2 is 1.91 bits per heavy atom. The van der Waals surface area contributed by atoms with Gasteiger partial charge in [0.25, 0.3) is 0 Å². The molecule has 44 heavy (non-hydrogen) atoms. The van der Waals surface area contributed by atoms with Crippen LogP contribution in [0.4, 0.5) is 25.0 Å². The average molecular weight is 617 g/mol. The number of amides is 3. The zero-order valence-electron chi connectivity index (χ0n) is 24.4. The third-order valence-corrected chi connectivity index (χ3v) is 7.55. The van der Waals surface area contributed by atoms with Gasteiger partial charge in [-0.1, -0.05) is 11.3 Å². The fourth-order valence-corrected chi connectivity index (χ4v) is 5.32. The van der Waals surface area contributed by atoms with Gasteiger partial charge in [0.1, 0.15) is 17.8 Å². The molecule has 2 atom stereocenters. The largest absolute Gasteiger partial charge is 0.461 e. The first-order valence-corrected chi connectivity index (χ1v) is 14.4. The van der Waals surface area contributed by atoms with E-state index < -0.39 is 35.8 Å². The van der Waals surface area contributed by atoms with E-state index in [1.54, 1.807) is 18.7 Å².